The Bertz CT molecular complexity index is 521. The van der Waals surface area contributed by atoms with Gasteiger partial charge >= 0.3 is 6.09 Å². The number of carbonyl (C=O) groups is 1. The monoisotopic (exact) mass is 322 g/mol. The topological polar surface area (TPSA) is 59.6 Å². The summed E-state index contributed by atoms with van der Waals surface area (Å²) in [5.41, 5.74) is 0.987. The number of anilines is 2. The number of benzene rings is 1. The highest BCUT2D eigenvalue weighted by Gasteiger charge is 2.18. The fourth-order valence-corrected chi connectivity index (χ4v) is 2.26. The Labute approximate surface area is 139 Å². The minimum atomic E-state index is -0.544. The van der Waals surface area contributed by atoms with Crippen molar-refractivity contribution in [1.82, 2.24) is 0 Å². The fourth-order valence-electron chi connectivity index (χ4n) is 2.26. The van der Waals surface area contributed by atoms with Crippen LogP contribution < -0.4 is 15.4 Å². The van der Waals surface area contributed by atoms with Crippen LogP contribution in [0.4, 0.5) is 16.2 Å². The summed E-state index contributed by atoms with van der Waals surface area (Å²) in [6, 6.07) is 6.03. The molecule has 1 aromatic rings. The number of methoxy groups -OCH3 is 1. The van der Waals surface area contributed by atoms with Crippen molar-refractivity contribution in [2.75, 3.05) is 17.7 Å². The van der Waals surface area contributed by atoms with E-state index in [4.69, 9.17) is 9.47 Å². The first-order valence-electron chi connectivity index (χ1n) is 8.10. The number of rotatable bonds is 6. The number of ether oxygens (including phenoxy) is 2. The number of carbonyl (C=O) groups excluding carboxylic acids is 1. The van der Waals surface area contributed by atoms with Crippen LogP contribution in [0, 0.1) is 5.92 Å². The molecule has 1 unspecified atom stereocenters. The fraction of sp³-hybridized carbons (Fsp3) is 0.611. The molecule has 130 valence electrons. The van der Waals surface area contributed by atoms with Gasteiger partial charge in [0, 0.05) is 11.7 Å². The van der Waals surface area contributed by atoms with E-state index in [1.807, 2.05) is 39.0 Å². The molecule has 5 nitrogen and oxygen atoms in total. The molecule has 0 spiro atoms. The molecule has 0 heterocycles. The van der Waals surface area contributed by atoms with Gasteiger partial charge in [-0.1, -0.05) is 20.8 Å². The highest BCUT2D eigenvalue weighted by atomic mass is 16.6. The van der Waals surface area contributed by atoms with Crippen LogP contribution in [0.5, 0.6) is 5.75 Å². The maximum atomic E-state index is 12.0. The predicted octanol–water partition coefficient (Wildman–Crippen LogP) is 4.89. The second kappa shape index (κ2) is 8.09. The number of hydrogen-bond donors (Lipinski definition) is 2. The van der Waals surface area contributed by atoms with Gasteiger partial charge in [-0.15, -0.1) is 0 Å². The van der Waals surface area contributed by atoms with Crippen LogP contribution in [0.2, 0.25) is 0 Å². The molecular formula is C18H30N2O3. The molecule has 1 aromatic carbocycles. The van der Waals surface area contributed by atoms with Gasteiger partial charge in [0.25, 0.3) is 0 Å². The SMILES string of the molecule is CCC(Nc1ccc(OC)c(NC(=O)OC(C)(C)C)c1)C(C)C. The smallest absolute Gasteiger partial charge is 0.412 e. The van der Waals surface area contributed by atoms with Gasteiger partial charge in [0.15, 0.2) is 0 Å². The Balaban J connectivity index is 2.92. The summed E-state index contributed by atoms with van der Waals surface area (Å²) in [7, 11) is 1.58. The van der Waals surface area contributed by atoms with E-state index >= 15 is 0 Å². The molecule has 5 heteroatoms. The van der Waals surface area contributed by atoms with Crippen LogP contribution in [0.25, 0.3) is 0 Å². The highest BCUT2D eigenvalue weighted by molar-refractivity contribution is 5.88. The maximum Gasteiger partial charge on any atom is 0.412 e. The zero-order chi connectivity index (χ0) is 17.6. The third-order valence-corrected chi connectivity index (χ3v) is 3.43. The molecule has 0 radical (unpaired) electrons. The van der Waals surface area contributed by atoms with Gasteiger partial charge in [-0.25, -0.2) is 4.79 Å². The molecule has 23 heavy (non-hydrogen) atoms. The number of nitrogens with one attached hydrogen (secondary N) is 2. The molecule has 1 amide bonds. The van der Waals surface area contributed by atoms with E-state index in [0.717, 1.165) is 12.1 Å². The molecule has 0 aliphatic rings. The third-order valence-electron chi connectivity index (χ3n) is 3.43. The van der Waals surface area contributed by atoms with E-state index in [1.165, 1.54) is 0 Å². The number of amides is 1. The molecule has 1 rings (SSSR count). The van der Waals surface area contributed by atoms with Gasteiger partial charge in [-0.2, -0.15) is 0 Å². The van der Waals surface area contributed by atoms with E-state index in [-0.39, 0.29) is 0 Å². The van der Waals surface area contributed by atoms with E-state index in [0.29, 0.717) is 23.4 Å². The summed E-state index contributed by atoms with van der Waals surface area (Å²) in [6.07, 6.45) is 0.530. The van der Waals surface area contributed by atoms with Crippen molar-refractivity contribution in [2.45, 2.75) is 59.6 Å². The van der Waals surface area contributed by atoms with Gasteiger partial charge in [0.2, 0.25) is 0 Å². The molecule has 0 aromatic heterocycles. The Morgan fingerprint density at radius 3 is 2.39 bits per heavy atom. The maximum absolute atomic E-state index is 12.0. The molecule has 0 aliphatic carbocycles. The molecule has 1 atom stereocenters. The zero-order valence-electron chi connectivity index (χ0n) is 15.3. The van der Waals surface area contributed by atoms with Gasteiger partial charge in [0.05, 0.1) is 12.8 Å². The quantitative estimate of drug-likeness (QED) is 0.783. The van der Waals surface area contributed by atoms with Crippen LogP contribution >= 0.6 is 0 Å². The van der Waals surface area contributed by atoms with Crippen LogP contribution in [0.1, 0.15) is 48.0 Å². The Kier molecular flexibility index (Phi) is 6.73. The summed E-state index contributed by atoms with van der Waals surface area (Å²) >= 11 is 0. The molecule has 2 N–H and O–H groups in total. The normalized spacial score (nSPS) is 12.7. The minimum Gasteiger partial charge on any atom is -0.495 e. The average molecular weight is 322 g/mol. The third kappa shape index (κ3) is 6.38. The van der Waals surface area contributed by atoms with Crippen molar-refractivity contribution in [1.29, 1.82) is 0 Å². The second-order valence-electron chi connectivity index (χ2n) is 6.95. The van der Waals surface area contributed by atoms with Gasteiger partial charge in [-0.05, 0) is 51.3 Å². The molecule has 0 aliphatic heterocycles. The highest BCUT2D eigenvalue weighted by Crippen LogP contribution is 2.29. The lowest BCUT2D eigenvalue weighted by Crippen LogP contribution is -2.27. The Hall–Kier alpha value is -1.91. The van der Waals surface area contributed by atoms with E-state index in [9.17, 15) is 4.79 Å². The van der Waals surface area contributed by atoms with Gasteiger partial charge in [-0.3, -0.25) is 5.32 Å². The Morgan fingerprint density at radius 1 is 1.26 bits per heavy atom. The molecule has 0 bridgehead atoms. The van der Waals surface area contributed by atoms with Gasteiger partial charge < -0.3 is 14.8 Å². The van der Waals surface area contributed by atoms with Crippen molar-refractivity contribution < 1.29 is 14.3 Å². The largest absolute Gasteiger partial charge is 0.495 e. The van der Waals surface area contributed by atoms with Crippen LogP contribution in [0.15, 0.2) is 18.2 Å². The summed E-state index contributed by atoms with van der Waals surface area (Å²) < 4.78 is 10.6. The van der Waals surface area contributed by atoms with Crippen molar-refractivity contribution in [2.24, 2.45) is 5.92 Å². The van der Waals surface area contributed by atoms with Gasteiger partial charge in [0.1, 0.15) is 11.4 Å². The first kappa shape index (κ1) is 19.1. The van der Waals surface area contributed by atoms with Crippen molar-refractivity contribution in [3.63, 3.8) is 0 Å². The molecular weight excluding hydrogens is 292 g/mol. The second-order valence-corrected chi connectivity index (χ2v) is 6.95. The standard InChI is InChI=1S/C18H30N2O3/c1-8-14(12(2)3)19-13-9-10-16(22-7)15(11-13)20-17(21)23-18(4,5)6/h9-12,14,19H,8H2,1-7H3,(H,20,21). The van der Waals surface area contributed by atoms with Crippen LogP contribution in [-0.4, -0.2) is 24.8 Å². The lowest BCUT2D eigenvalue weighted by atomic mass is 10.0. The molecule has 0 saturated carbocycles. The lowest BCUT2D eigenvalue weighted by Gasteiger charge is -2.23. The van der Waals surface area contributed by atoms with E-state index in [1.54, 1.807) is 7.11 Å². The van der Waals surface area contributed by atoms with Crippen molar-refractivity contribution in [3.05, 3.63) is 18.2 Å². The van der Waals surface area contributed by atoms with Crippen molar-refractivity contribution in [3.8, 4) is 5.75 Å². The van der Waals surface area contributed by atoms with Crippen LogP contribution in [-0.2, 0) is 4.74 Å². The molecule has 0 saturated heterocycles. The zero-order valence-corrected chi connectivity index (χ0v) is 15.3. The average Bonchev–Trinajstić information content (AvgIpc) is 2.42. The summed E-state index contributed by atoms with van der Waals surface area (Å²) in [4.78, 5) is 12.0. The first-order chi connectivity index (χ1) is 10.7. The summed E-state index contributed by atoms with van der Waals surface area (Å²) in [5.74, 6) is 1.11. The van der Waals surface area contributed by atoms with E-state index in [2.05, 4.69) is 31.4 Å². The first-order valence-corrected chi connectivity index (χ1v) is 8.10. The van der Waals surface area contributed by atoms with Crippen molar-refractivity contribution >= 4 is 17.5 Å². The predicted molar refractivity (Wildman–Crippen MR) is 95.4 cm³/mol. The molecule has 0 fully saturated rings. The van der Waals surface area contributed by atoms with E-state index < -0.39 is 11.7 Å². The lowest BCUT2D eigenvalue weighted by molar-refractivity contribution is 0.0635. The summed E-state index contributed by atoms with van der Waals surface area (Å²) in [6.45, 7) is 12.0. The van der Waals surface area contributed by atoms with Crippen LogP contribution in [0.3, 0.4) is 0 Å². The number of hydrogen-bond acceptors (Lipinski definition) is 4. The summed E-state index contributed by atoms with van der Waals surface area (Å²) in [5, 5.41) is 6.25. The Morgan fingerprint density at radius 2 is 1.91 bits per heavy atom. The minimum absolute atomic E-state index is 0.373.